The molecule has 4 heteroatoms. The molecule has 4 nitrogen and oxygen atoms in total. The van der Waals surface area contributed by atoms with Crippen LogP contribution in [-0.2, 0) is 11.2 Å². The van der Waals surface area contributed by atoms with Gasteiger partial charge in [-0.2, -0.15) is 0 Å². The number of hydrogen-bond acceptors (Lipinski definition) is 4. The van der Waals surface area contributed by atoms with Gasteiger partial charge in [-0.1, -0.05) is 19.4 Å². The Morgan fingerprint density at radius 2 is 2.25 bits per heavy atom. The van der Waals surface area contributed by atoms with Crippen molar-refractivity contribution in [1.82, 2.24) is 4.98 Å². The fraction of sp³-hybridized carbons (Fsp3) is 0.500. The molecule has 0 fully saturated rings. The topological polar surface area (TPSA) is 82.0 Å². The Morgan fingerprint density at radius 1 is 1.56 bits per heavy atom. The van der Waals surface area contributed by atoms with Crippen LogP contribution in [0.5, 0.6) is 0 Å². The lowest BCUT2D eigenvalue weighted by molar-refractivity contribution is -0.123. The highest BCUT2D eigenvalue weighted by molar-refractivity contribution is 5.90. The van der Waals surface area contributed by atoms with Crippen molar-refractivity contribution in [1.29, 1.82) is 0 Å². The van der Waals surface area contributed by atoms with Gasteiger partial charge in [-0.3, -0.25) is 4.79 Å². The van der Waals surface area contributed by atoms with Crippen LogP contribution < -0.4 is 11.5 Å². The molecule has 0 radical (unpaired) electrons. The molecule has 4 N–H and O–H groups in total. The average molecular weight is 221 g/mol. The van der Waals surface area contributed by atoms with Crippen LogP contribution in [0, 0.1) is 0 Å². The normalized spacial score (nSPS) is 14.4. The van der Waals surface area contributed by atoms with E-state index in [9.17, 15) is 4.79 Å². The Bertz CT molecular complexity index is 374. The molecule has 0 amide bonds. The molecule has 1 atom stereocenters. The smallest absolute Gasteiger partial charge is 0.156 e. The summed E-state index contributed by atoms with van der Waals surface area (Å²) in [5.74, 6) is 0.414. The third-order valence-electron chi connectivity index (χ3n) is 2.68. The first-order valence-electron chi connectivity index (χ1n) is 5.49. The van der Waals surface area contributed by atoms with Crippen LogP contribution in [0.2, 0.25) is 0 Å². The van der Waals surface area contributed by atoms with Gasteiger partial charge in [-0.15, -0.1) is 0 Å². The largest absolute Gasteiger partial charge is 0.383 e. The Morgan fingerprint density at radius 3 is 2.81 bits per heavy atom. The van der Waals surface area contributed by atoms with Gasteiger partial charge in [0.05, 0.1) is 5.54 Å². The van der Waals surface area contributed by atoms with Gasteiger partial charge >= 0.3 is 0 Å². The predicted octanol–water partition coefficient (Wildman–Crippen LogP) is 1.29. The number of ketones is 1. The lowest BCUT2D eigenvalue weighted by Gasteiger charge is -2.22. The van der Waals surface area contributed by atoms with Crippen molar-refractivity contribution in [2.45, 2.75) is 38.6 Å². The third kappa shape index (κ3) is 3.03. The molecule has 1 unspecified atom stereocenters. The van der Waals surface area contributed by atoms with Crippen molar-refractivity contribution in [3.05, 3.63) is 23.9 Å². The fourth-order valence-corrected chi connectivity index (χ4v) is 1.63. The van der Waals surface area contributed by atoms with E-state index in [0.29, 0.717) is 12.2 Å². The number of nitrogens with zero attached hydrogens (tertiary/aromatic N) is 1. The highest BCUT2D eigenvalue weighted by Gasteiger charge is 2.27. The van der Waals surface area contributed by atoms with Gasteiger partial charge in [0.2, 0.25) is 0 Å². The number of nitrogens with two attached hydrogens (primary N) is 2. The number of pyridine rings is 1. The van der Waals surface area contributed by atoms with Gasteiger partial charge in [0.25, 0.3) is 0 Å². The van der Waals surface area contributed by atoms with Crippen molar-refractivity contribution in [3.63, 3.8) is 0 Å². The van der Waals surface area contributed by atoms with Gasteiger partial charge in [0.15, 0.2) is 5.78 Å². The summed E-state index contributed by atoms with van der Waals surface area (Å²) in [6.07, 6.45) is 3.44. The van der Waals surface area contributed by atoms with E-state index >= 15 is 0 Å². The molecule has 16 heavy (non-hydrogen) atoms. The number of aromatic nitrogens is 1. The summed E-state index contributed by atoms with van der Waals surface area (Å²) in [5, 5.41) is 0. The molecular weight excluding hydrogens is 202 g/mol. The van der Waals surface area contributed by atoms with Crippen LogP contribution in [0.1, 0.15) is 32.3 Å². The Kier molecular flexibility index (Phi) is 4.01. The maximum absolute atomic E-state index is 12.0. The van der Waals surface area contributed by atoms with Gasteiger partial charge in [0.1, 0.15) is 5.82 Å². The van der Waals surface area contributed by atoms with E-state index in [1.54, 1.807) is 19.2 Å². The number of nitrogen functional groups attached to an aromatic ring is 1. The minimum Gasteiger partial charge on any atom is -0.383 e. The molecule has 0 aliphatic heterocycles. The number of carbonyl (C=O) groups is 1. The number of Topliss-reactive ketones (excluding diaryl/α,β-unsaturated/α-hetero) is 1. The highest BCUT2D eigenvalue weighted by atomic mass is 16.1. The van der Waals surface area contributed by atoms with E-state index < -0.39 is 5.54 Å². The summed E-state index contributed by atoms with van der Waals surface area (Å²) in [5.41, 5.74) is 11.6. The van der Waals surface area contributed by atoms with Crippen LogP contribution in [-0.4, -0.2) is 16.3 Å². The van der Waals surface area contributed by atoms with Gasteiger partial charge in [-0.25, -0.2) is 4.98 Å². The molecular formula is C12H19N3O. The summed E-state index contributed by atoms with van der Waals surface area (Å²) in [6, 6.07) is 3.58. The number of rotatable bonds is 5. The lowest BCUT2D eigenvalue weighted by atomic mass is 9.89. The number of carbonyl (C=O) groups excluding carboxylic acids is 1. The predicted molar refractivity (Wildman–Crippen MR) is 64.9 cm³/mol. The minimum atomic E-state index is -0.767. The zero-order chi connectivity index (χ0) is 12.2. The van der Waals surface area contributed by atoms with Crippen molar-refractivity contribution < 1.29 is 4.79 Å². The van der Waals surface area contributed by atoms with E-state index in [-0.39, 0.29) is 12.2 Å². The highest BCUT2D eigenvalue weighted by Crippen LogP contribution is 2.15. The Labute approximate surface area is 96.0 Å². The van der Waals surface area contributed by atoms with Crippen LogP contribution in [0.25, 0.3) is 0 Å². The quantitative estimate of drug-likeness (QED) is 0.785. The molecule has 1 aromatic heterocycles. The van der Waals surface area contributed by atoms with Crippen molar-refractivity contribution >= 4 is 11.6 Å². The summed E-state index contributed by atoms with van der Waals surface area (Å²) in [7, 11) is 0. The monoisotopic (exact) mass is 221 g/mol. The van der Waals surface area contributed by atoms with E-state index in [1.807, 2.05) is 13.0 Å². The second-order valence-corrected chi connectivity index (χ2v) is 4.32. The summed E-state index contributed by atoms with van der Waals surface area (Å²) < 4.78 is 0. The molecule has 0 aliphatic carbocycles. The standard InChI is InChI=1S/C12H19N3O/c1-3-6-12(2,14)10(16)8-9-5-4-7-15-11(9)13/h4-5,7H,3,6,8,14H2,1-2H3,(H2,13,15). The molecule has 1 aromatic rings. The first kappa shape index (κ1) is 12.6. The second-order valence-electron chi connectivity index (χ2n) is 4.32. The molecule has 0 bridgehead atoms. The van der Waals surface area contributed by atoms with Gasteiger partial charge < -0.3 is 11.5 Å². The maximum atomic E-state index is 12.0. The van der Waals surface area contributed by atoms with Crippen LogP contribution in [0.4, 0.5) is 5.82 Å². The van der Waals surface area contributed by atoms with Crippen LogP contribution in [0.15, 0.2) is 18.3 Å². The number of hydrogen-bond donors (Lipinski definition) is 2. The molecule has 0 saturated heterocycles. The van der Waals surface area contributed by atoms with E-state index in [4.69, 9.17) is 11.5 Å². The number of anilines is 1. The van der Waals surface area contributed by atoms with Crippen LogP contribution >= 0.6 is 0 Å². The van der Waals surface area contributed by atoms with Gasteiger partial charge in [-0.05, 0) is 19.4 Å². The minimum absolute atomic E-state index is 0.00838. The summed E-state index contributed by atoms with van der Waals surface area (Å²) in [6.45, 7) is 3.78. The first-order valence-corrected chi connectivity index (χ1v) is 5.49. The van der Waals surface area contributed by atoms with Crippen molar-refractivity contribution in [3.8, 4) is 0 Å². The Hall–Kier alpha value is -1.42. The maximum Gasteiger partial charge on any atom is 0.156 e. The molecule has 1 heterocycles. The fourth-order valence-electron chi connectivity index (χ4n) is 1.63. The first-order chi connectivity index (χ1) is 7.47. The van der Waals surface area contributed by atoms with Gasteiger partial charge in [0, 0.05) is 18.2 Å². The Balaban J connectivity index is 2.75. The molecule has 0 aromatic carbocycles. The second kappa shape index (κ2) is 5.07. The molecule has 1 rings (SSSR count). The van der Waals surface area contributed by atoms with E-state index in [2.05, 4.69) is 4.98 Å². The molecule has 88 valence electrons. The SMILES string of the molecule is CCCC(C)(N)C(=O)Cc1cccnc1N. The third-order valence-corrected chi connectivity index (χ3v) is 2.68. The zero-order valence-electron chi connectivity index (χ0n) is 9.86. The van der Waals surface area contributed by atoms with Crippen LogP contribution in [0.3, 0.4) is 0 Å². The van der Waals surface area contributed by atoms with Crippen molar-refractivity contribution in [2.24, 2.45) is 5.73 Å². The molecule has 0 aliphatic rings. The van der Waals surface area contributed by atoms with E-state index in [1.165, 1.54) is 0 Å². The summed E-state index contributed by atoms with van der Waals surface area (Å²) >= 11 is 0. The molecule has 0 saturated carbocycles. The van der Waals surface area contributed by atoms with E-state index in [0.717, 1.165) is 12.0 Å². The lowest BCUT2D eigenvalue weighted by Crippen LogP contribution is -2.45. The average Bonchev–Trinajstić information content (AvgIpc) is 2.21. The summed E-state index contributed by atoms with van der Waals surface area (Å²) in [4.78, 5) is 15.9. The molecule has 0 spiro atoms. The van der Waals surface area contributed by atoms with Crippen molar-refractivity contribution in [2.75, 3.05) is 5.73 Å². The zero-order valence-corrected chi connectivity index (χ0v) is 9.86.